The molecule has 2 atom stereocenters. The van der Waals surface area contributed by atoms with Crippen LogP contribution in [0.2, 0.25) is 5.02 Å². The molecule has 1 amide bonds. The molecule has 2 aromatic carbocycles. The molecule has 25 heavy (non-hydrogen) atoms. The number of hydrogen-bond donors (Lipinski definition) is 0. The topological polar surface area (TPSA) is 38.1 Å². The van der Waals surface area contributed by atoms with E-state index in [9.17, 15) is 9.18 Å². The highest BCUT2D eigenvalue weighted by molar-refractivity contribution is 6.31. The average Bonchev–Trinajstić information content (AvgIpc) is 3.06. The van der Waals surface area contributed by atoms with Crippen LogP contribution in [0.25, 0.3) is 11.0 Å². The Balaban J connectivity index is 1.93. The molecule has 0 saturated heterocycles. The zero-order chi connectivity index (χ0) is 20.0. The van der Waals surface area contributed by atoms with Crippen LogP contribution in [-0.2, 0) is 5.54 Å². The van der Waals surface area contributed by atoms with Crippen LogP contribution in [0.3, 0.4) is 0 Å². The number of carbonyl (C=O) groups excluding carboxylic acids is 1. The van der Waals surface area contributed by atoms with Crippen LogP contribution in [0, 0.1) is 5.82 Å². The highest BCUT2D eigenvalue weighted by atomic mass is 35.5. The second-order valence-electron chi connectivity index (χ2n) is 6.77. The van der Waals surface area contributed by atoms with E-state index in [2.05, 4.69) is 4.98 Å². The molecule has 2 aliphatic heterocycles. The second kappa shape index (κ2) is 4.61. The summed E-state index contributed by atoms with van der Waals surface area (Å²) in [4.78, 5) is 18.8. The Morgan fingerprint density at radius 1 is 1.40 bits per heavy atom. The van der Waals surface area contributed by atoms with E-state index in [1.54, 1.807) is 25.1 Å². The lowest BCUT2D eigenvalue weighted by atomic mass is 9.93. The summed E-state index contributed by atoms with van der Waals surface area (Å²) in [7, 11) is 0. The highest BCUT2D eigenvalue weighted by Crippen LogP contribution is 2.51. The van der Waals surface area contributed by atoms with Crippen LogP contribution in [0.4, 0.5) is 4.39 Å². The minimum atomic E-state index is -2.71. The highest BCUT2D eigenvalue weighted by Gasteiger charge is 2.52. The van der Waals surface area contributed by atoms with Crippen molar-refractivity contribution in [3.8, 4) is 0 Å². The average molecular weight is 359 g/mol. The number of nitrogens with zero attached hydrogens (tertiary/aromatic N) is 3. The maximum Gasteiger partial charge on any atom is 0.254 e. The van der Waals surface area contributed by atoms with Crippen LogP contribution in [-0.4, -0.2) is 27.3 Å². The SMILES string of the molecule is [2H]C([2H])([2H])N1C(=O)c2cccc(F)c2[C@H]2C[C@]1(C)c1nc3ccc(Cl)cc3n12. The molecule has 0 saturated carbocycles. The van der Waals surface area contributed by atoms with Crippen molar-refractivity contribution < 1.29 is 13.3 Å². The molecule has 1 aromatic heterocycles. The van der Waals surface area contributed by atoms with Crippen molar-refractivity contribution >= 4 is 28.5 Å². The number of imidazole rings is 1. The minimum absolute atomic E-state index is 0.0689. The molecule has 4 nitrogen and oxygen atoms in total. The Bertz CT molecular complexity index is 1180. The fraction of sp³-hybridized carbons (Fsp3) is 0.263. The molecule has 126 valence electrons. The molecule has 0 spiro atoms. The van der Waals surface area contributed by atoms with Gasteiger partial charge in [-0.2, -0.15) is 0 Å². The molecule has 6 heteroatoms. The predicted molar refractivity (Wildman–Crippen MR) is 93.3 cm³/mol. The minimum Gasteiger partial charge on any atom is -0.329 e. The van der Waals surface area contributed by atoms with Crippen molar-refractivity contribution in [2.45, 2.75) is 24.9 Å². The van der Waals surface area contributed by atoms with Crippen LogP contribution < -0.4 is 0 Å². The molecular weight excluding hydrogens is 341 g/mol. The Kier molecular flexibility index (Phi) is 2.22. The summed E-state index contributed by atoms with van der Waals surface area (Å²) in [5.41, 5.74) is 0.352. The van der Waals surface area contributed by atoms with Gasteiger partial charge in [0, 0.05) is 33.7 Å². The molecular formula is C19H15ClFN3O. The lowest BCUT2D eigenvalue weighted by Crippen LogP contribution is -2.43. The first-order chi connectivity index (χ1) is 13.1. The fourth-order valence-corrected chi connectivity index (χ4v) is 4.32. The maximum atomic E-state index is 14.9. The van der Waals surface area contributed by atoms with Gasteiger partial charge in [-0.3, -0.25) is 4.79 Å². The standard InChI is InChI=1S/C19H15ClFN3O/c1-19-9-15(16-11(17(25)23(19)2)4-3-5-12(16)21)24-14-8-10(20)6-7-13(14)22-18(19)24/h3-8,15H,9H2,1-2H3/t15-,19-/m1/s1/i2D3. The van der Waals surface area contributed by atoms with Gasteiger partial charge in [-0.05, 0) is 37.3 Å². The molecule has 2 bridgehead atoms. The Hall–Kier alpha value is -2.40. The number of rotatable bonds is 0. The second-order valence-corrected chi connectivity index (χ2v) is 7.21. The van der Waals surface area contributed by atoms with Crippen molar-refractivity contribution in [3.05, 3.63) is 64.2 Å². The van der Waals surface area contributed by atoms with Crippen LogP contribution in [0.5, 0.6) is 0 Å². The van der Waals surface area contributed by atoms with Gasteiger partial charge in [0.15, 0.2) is 0 Å². The summed E-state index contributed by atoms with van der Waals surface area (Å²) in [5, 5.41) is 0.497. The van der Waals surface area contributed by atoms with E-state index in [1.165, 1.54) is 18.2 Å². The van der Waals surface area contributed by atoms with E-state index in [-0.39, 0.29) is 17.5 Å². The zero-order valence-electron chi connectivity index (χ0n) is 16.3. The van der Waals surface area contributed by atoms with Gasteiger partial charge in [0.05, 0.1) is 17.1 Å². The van der Waals surface area contributed by atoms with E-state index in [0.29, 0.717) is 21.9 Å². The van der Waals surface area contributed by atoms with Gasteiger partial charge in [0.1, 0.15) is 17.2 Å². The maximum absolute atomic E-state index is 14.9. The van der Waals surface area contributed by atoms with Crippen LogP contribution in [0.1, 0.15) is 45.2 Å². The summed E-state index contributed by atoms with van der Waals surface area (Å²) in [6, 6.07) is 8.80. The number of fused-ring (bicyclic) bond motifs is 9. The molecule has 3 aromatic rings. The number of aromatic nitrogens is 2. The van der Waals surface area contributed by atoms with Gasteiger partial charge in [-0.25, -0.2) is 9.37 Å². The van der Waals surface area contributed by atoms with Gasteiger partial charge >= 0.3 is 0 Å². The zero-order valence-corrected chi connectivity index (χ0v) is 14.0. The summed E-state index contributed by atoms with van der Waals surface area (Å²) in [6.07, 6.45) is 0.218. The number of amides is 1. The molecule has 0 fully saturated rings. The van der Waals surface area contributed by atoms with E-state index >= 15 is 0 Å². The lowest BCUT2D eigenvalue weighted by Gasteiger charge is -2.33. The van der Waals surface area contributed by atoms with Crippen molar-refractivity contribution in [1.29, 1.82) is 0 Å². The quantitative estimate of drug-likeness (QED) is 0.606. The Labute approximate surface area is 153 Å². The smallest absolute Gasteiger partial charge is 0.254 e. The third-order valence-electron chi connectivity index (χ3n) is 5.35. The number of halogens is 2. The van der Waals surface area contributed by atoms with Crippen molar-refractivity contribution in [2.75, 3.05) is 6.98 Å². The molecule has 0 N–H and O–H groups in total. The third kappa shape index (κ3) is 1.71. The first-order valence-corrected chi connectivity index (χ1v) is 8.32. The van der Waals surface area contributed by atoms with Crippen molar-refractivity contribution in [1.82, 2.24) is 14.5 Å². The normalized spacial score (nSPS) is 26.7. The Morgan fingerprint density at radius 2 is 2.24 bits per heavy atom. The molecule has 0 unspecified atom stereocenters. The summed E-state index contributed by atoms with van der Waals surface area (Å²) in [6.45, 7) is -1.03. The molecule has 0 aliphatic carbocycles. The molecule has 3 heterocycles. The lowest BCUT2D eigenvalue weighted by molar-refractivity contribution is 0.0592. The van der Waals surface area contributed by atoms with Crippen LogP contribution in [0.15, 0.2) is 36.4 Å². The summed E-state index contributed by atoms with van der Waals surface area (Å²) < 4.78 is 40.8. The van der Waals surface area contributed by atoms with E-state index in [4.69, 9.17) is 15.7 Å². The molecule has 0 radical (unpaired) electrons. The summed E-state index contributed by atoms with van der Waals surface area (Å²) >= 11 is 6.17. The van der Waals surface area contributed by atoms with Crippen molar-refractivity contribution in [3.63, 3.8) is 0 Å². The van der Waals surface area contributed by atoms with Gasteiger partial charge < -0.3 is 9.47 Å². The van der Waals surface area contributed by atoms with Crippen molar-refractivity contribution in [2.24, 2.45) is 0 Å². The third-order valence-corrected chi connectivity index (χ3v) is 5.58. The van der Waals surface area contributed by atoms with Gasteiger partial charge in [0.2, 0.25) is 0 Å². The number of carbonyl (C=O) groups is 1. The predicted octanol–water partition coefficient (Wildman–Crippen LogP) is 4.12. The van der Waals surface area contributed by atoms with Crippen LogP contribution >= 0.6 is 11.6 Å². The number of hydrogen-bond acceptors (Lipinski definition) is 2. The van der Waals surface area contributed by atoms with E-state index < -0.39 is 30.3 Å². The fourth-order valence-electron chi connectivity index (χ4n) is 4.15. The van der Waals surface area contributed by atoms with Gasteiger partial charge in [-0.1, -0.05) is 17.7 Å². The number of benzene rings is 2. The molecule has 2 aliphatic rings. The first-order valence-electron chi connectivity index (χ1n) is 9.44. The van der Waals surface area contributed by atoms with Gasteiger partial charge in [0.25, 0.3) is 5.91 Å². The monoisotopic (exact) mass is 358 g/mol. The molecule has 5 rings (SSSR count). The van der Waals surface area contributed by atoms with Gasteiger partial charge in [-0.15, -0.1) is 0 Å². The largest absolute Gasteiger partial charge is 0.329 e. The van der Waals surface area contributed by atoms with E-state index in [1.807, 2.05) is 4.57 Å². The Morgan fingerprint density at radius 3 is 3.04 bits per heavy atom. The summed E-state index contributed by atoms with van der Waals surface area (Å²) in [5.74, 6) is -0.827. The first kappa shape index (κ1) is 12.0. The van der Waals surface area contributed by atoms with E-state index in [0.717, 1.165) is 4.90 Å².